The number of hydrogen-bond acceptors (Lipinski definition) is 2. The molecule has 0 spiro atoms. The fraction of sp³-hybridized carbons (Fsp3) is 0.909. The van der Waals surface area contributed by atoms with E-state index in [4.69, 9.17) is 4.74 Å². The molecule has 36 heavy (non-hydrogen) atoms. The van der Waals surface area contributed by atoms with Crippen LogP contribution in [-0.4, -0.2) is 25.7 Å². The van der Waals surface area contributed by atoms with Crippen molar-refractivity contribution in [2.45, 2.75) is 174 Å². The van der Waals surface area contributed by atoms with Gasteiger partial charge in [0, 0.05) is 26.2 Å². The van der Waals surface area contributed by atoms with E-state index in [0.29, 0.717) is 6.42 Å². The second kappa shape index (κ2) is 32.2. The highest BCUT2D eigenvalue weighted by Crippen LogP contribution is 2.11. The molecule has 0 radical (unpaired) electrons. The SMILES string of the molecule is CCCCCCCC/C=C\CCCCCCCC(=O)NCCCOCCCCCCCCCCCC. The predicted octanol–water partition coefficient (Wildman–Crippen LogP) is 10.5. The van der Waals surface area contributed by atoms with Crippen LogP contribution in [0.5, 0.6) is 0 Å². The van der Waals surface area contributed by atoms with Crippen molar-refractivity contribution in [1.82, 2.24) is 5.32 Å². The lowest BCUT2D eigenvalue weighted by Gasteiger charge is -2.07. The van der Waals surface area contributed by atoms with Crippen molar-refractivity contribution in [2.24, 2.45) is 0 Å². The van der Waals surface area contributed by atoms with Crippen LogP contribution < -0.4 is 5.32 Å². The van der Waals surface area contributed by atoms with E-state index in [2.05, 4.69) is 31.3 Å². The summed E-state index contributed by atoms with van der Waals surface area (Å²) in [6.45, 7) is 6.95. The number of nitrogens with one attached hydrogen (secondary N) is 1. The van der Waals surface area contributed by atoms with Gasteiger partial charge in [-0.3, -0.25) is 4.79 Å². The Labute approximate surface area is 227 Å². The Kier molecular flexibility index (Phi) is 31.5. The summed E-state index contributed by atoms with van der Waals surface area (Å²) in [6.07, 6.45) is 36.8. The first kappa shape index (κ1) is 35.2. The van der Waals surface area contributed by atoms with E-state index in [-0.39, 0.29) is 5.91 Å². The van der Waals surface area contributed by atoms with Gasteiger partial charge in [0.25, 0.3) is 0 Å². The summed E-state index contributed by atoms with van der Waals surface area (Å²) < 4.78 is 5.72. The van der Waals surface area contributed by atoms with Crippen molar-refractivity contribution in [2.75, 3.05) is 19.8 Å². The average molecular weight is 508 g/mol. The van der Waals surface area contributed by atoms with Crippen molar-refractivity contribution < 1.29 is 9.53 Å². The summed E-state index contributed by atoms with van der Waals surface area (Å²) in [5, 5.41) is 3.05. The van der Waals surface area contributed by atoms with Gasteiger partial charge in [-0.2, -0.15) is 0 Å². The van der Waals surface area contributed by atoms with Crippen molar-refractivity contribution in [3.8, 4) is 0 Å². The van der Waals surface area contributed by atoms with Crippen LogP contribution in [0.1, 0.15) is 174 Å². The number of carbonyl (C=O) groups is 1. The van der Waals surface area contributed by atoms with Crippen molar-refractivity contribution in [3.05, 3.63) is 12.2 Å². The predicted molar refractivity (Wildman–Crippen MR) is 160 cm³/mol. The maximum absolute atomic E-state index is 11.9. The molecule has 0 unspecified atom stereocenters. The number of carbonyl (C=O) groups excluding carboxylic acids is 1. The van der Waals surface area contributed by atoms with Gasteiger partial charge in [-0.05, 0) is 44.9 Å². The van der Waals surface area contributed by atoms with Crippen LogP contribution >= 0.6 is 0 Å². The van der Waals surface area contributed by atoms with Crippen LogP contribution in [-0.2, 0) is 9.53 Å². The van der Waals surface area contributed by atoms with E-state index in [1.54, 1.807) is 0 Å². The van der Waals surface area contributed by atoms with Crippen LogP contribution in [0.3, 0.4) is 0 Å². The third-order valence-electron chi connectivity index (χ3n) is 7.10. The fourth-order valence-corrected chi connectivity index (χ4v) is 4.64. The molecule has 0 fully saturated rings. The first-order valence-corrected chi connectivity index (χ1v) is 16.3. The maximum Gasteiger partial charge on any atom is 0.219 e. The minimum Gasteiger partial charge on any atom is -0.381 e. The second-order valence-electron chi connectivity index (χ2n) is 10.8. The van der Waals surface area contributed by atoms with Crippen LogP contribution in [0.4, 0.5) is 0 Å². The number of unbranched alkanes of at least 4 members (excludes halogenated alkanes) is 20. The number of allylic oxidation sites excluding steroid dienone is 2. The number of ether oxygens (including phenoxy) is 1. The van der Waals surface area contributed by atoms with Gasteiger partial charge in [-0.1, -0.05) is 135 Å². The summed E-state index contributed by atoms with van der Waals surface area (Å²) in [7, 11) is 0. The molecule has 214 valence electrons. The van der Waals surface area contributed by atoms with Gasteiger partial charge < -0.3 is 10.1 Å². The van der Waals surface area contributed by atoms with Crippen molar-refractivity contribution in [1.29, 1.82) is 0 Å². The molecule has 0 rings (SSSR count). The molecule has 0 aliphatic heterocycles. The highest BCUT2D eigenvalue weighted by Gasteiger charge is 2.00. The summed E-state index contributed by atoms with van der Waals surface area (Å²) in [5.74, 6) is 0.210. The number of amides is 1. The zero-order valence-corrected chi connectivity index (χ0v) is 24.8. The van der Waals surface area contributed by atoms with Gasteiger partial charge >= 0.3 is 0 Å². The average Bonchev–Trinajstić information content (AvgIpc) is 2.88. The molecule has 0 aromatic carbocycles. The maximum atomic E-state index is 11.9. The van der Waals surface area contributed by atoms with Crippen molar-refractivity contribution >= 4 is 5.91 Å². The van der Waals surface area contributed by atoms with Crippen LogP contribution in [0.2, 0.25) is 0 Å². The largest absolute Gasteiger partial charge is 0.381 e. The second-order valence-corrected chi connectivity index (χ2v) is 10.8. The molecular formula is C33H65NO2. The summed E-state index contributed by atoms with van der Waals surface area (Å²) in [6, 6.07) is 0. The molecule has 0 bridgehead atoms. The lowest BCUT2D eigenvalue weighted by atomic mass is 10.1. The van der Waals surface area contributed by atoms with Gasteiger partial charge in [0.15, 0.2) is 0 Å². The minimum absolute atomic E-state index is 0.210. The number of rotatable bonds is 30. The van der Waals surface area contributed by atoms with E-state index >= 15 is 0 Å². The topological polar surface area (TPSA) is 38.3 Å². The Hall–Kier alpha value is -0.830. The van der Waals surface area contributed by atoms with Gasteiger partial charge in [0.2, 0.25) is 5.91 Å². The third-order valence-corrected chi connectivity index (χ3v) is 7.10. The van der Waals surface area contributed by atoms with E-state index < -0.39 is 0 Å². The van der Waals surface area contributed by atoms with Gasteiger partial charge in [-0.15, -0.1) is 0 Å². The third kappa shape index (κ3) is 31.2. The van der Waals surface area contributed by atoms with E-state index in [1.165, 1.54) is 141 Å². The Morgan fingerprint density at radius 1 is 0.528 bits per heavy atom. The molecule has 0 aliphatic rings. The first-order valence-electron chi connectivity index (χ1n) is 16.3. The molecule has 0 aliphatic carbocycles. The van der Waals surface area contributed by atoms with E-state index in [9.17, 15) is 4.79 Å². The normalized spacial score (nSPS) is 11.5. The zero-order chi connectivity index (χ0) is 26.2. The Bertz CT molecular complexity index is 449. The van der Waals surface area contributed by atoms with Crippen LogP contribution in [0.15, 0.2) is 12.2 Å². The first-order chi connectivity index (χ1) is 17.8. The monoisotopic (exact) mass is 508 g/mol. The highest BCUT2D eigenvalue weighted by atomic mass is 16.5. The van der Waals surface area contributed by atoms with E-state index in [1.807, 2.05) is 0 Å². The summed E-state index contributed by atoms with van der Waals surface area (Å²) >= 11 is 0. The van der Waals surface area contributed by atoms with Gasteiger partial charge in [0.05, 0.1) is 0 Å². The highest BCUT2D eigenvalue weighted by molar-refractivity contribution is 5.75. The molecule has 0 atom stereocenters. The molecular weight excluding hydrogens is 442 g/mol. The molecule has 0 aromatic heterocycles. The lowest BCUT2D eigenvalue weighted by molar-refractivity contribution is -0.121. The van der Waals surface area contributed by atoms with Crippen LogP contribution in [0.25, 0.3) is 0 Å². The standard InChI is InChI=1S/C33H65NO2/c1-3-5-7-9-11-13-15-16-17-18-19-20-22-24-26-29-33(35)34-30-28-32-36-31-27-25-23-21-14-12-10-8-6-4-2/h16-17H,3-15,18-32H2,1-2H3,(H,34,35)/b17-16-. The smallest absolute Gasteiger partial charge is 0.219 e. The number of hydrogen-bond donors (Lipinski definition) is 1. The van der Waals surface area contributed by atoms with Crippen LogP contribution in [0, 0.1) is 0 Å². The van der Waals surface area contributed by atoms with E-state index in [0.717, 1.165) is 32.6 Å². The molecule has 1 amide bonds. The molecule has 0 saturated carbocycles. The Morgan fingerprint density at radius 3 is 1.47 bits per heavy atom. The minimum atomic E-state index is 0.210. The van der Waals surface area contributed by atoms with Gasteiger partial charge in [-0.25, -0.2) is 0 Å². The Morgan fingerprint density at radius 2 is 0.944 bits per heavy atom. The molecule has 3 nitrogen and oxygen atoms in total. The molecule has 0 saturated heterocycles. The van der Waals surface area contributed by atoms with Crippen molar-refractivity contribution in [3.63, 3.8) is 0 Å². The summed E-state index contributed by atoms with van der Waals surface area (Å²) in [4.78, 5) is 11.9. The Balaban J connectivity index is 3.19. The molecule has 0 aromatic rings. The zero-order valence-electron chi connectivity index (χ0n) is 24.8. The summed E-state index contributed by atoms with van der Waals surface area (Å²) in [5.41, 5.74) is 0. The van der Waals surface area contributed by atoms with Gasteiger partial charge in [0.1, 0.15) is 0 Å². The lowest BCUT2D eigenvalue weighted by Crippen LogP contribution is -2.24. The fourth-order valence-electron chi connectivity index (χ4n) is 4.64. The molecule has 3 heteroatoms. The molecule has 0 heterocycles. The molecule has 1 N–H and O–H groups in total. The quantitative estimate of drug-likeness (QED) is 0.0775.